The van der Waals surface area contributed by atoms with Gasteiger partial charge >= 0.3 is 0 Å². The SMILES string of the molecule is Cc1ncsc1-c1ccc(CNC(=O)[C@@H]2CCCN2C(=O)C(C(C)C)N2Cc3cccc(Cl)c3C2=O)cc1. The van der Waals surface area contributed by atoms with Gasteiger partial charge in [0.25, 0.3) is 5.91 Å². The number of aromatic nitrogens is 1. The lowest BCUT2D eigenvalue weighted by Gasteiger charge is -2.35. The van der Waals surface area contributed by atoms with Crippen LogP contribution in [0.2, 0.25) is 5.02 Å². The molecular weight excluding hydrogens is 520 g/mol. The first kappa shape index (κ1) is 26.4. The van der Waals surface area contributed by atoms with Gasteiger partial charge in [0.2, 0.25) is 11.8 Å². The van der Waals surface area contributed by atoms with E-state index in [2.05, 4.69) is 10.3 Å². The Morgan fingerprint density at radius 3 is 2.61 bits per heavy atom. The molecule has 0 spiro atoms. The first-order chi connectivity index (χ1) is 18.3. The Labute approximate surface area is 231 Å². The third-order valence-corrected chi connectivity index (χ3v) is 8.70. The van der Waals surface area contributed by atoms with Crippen molar-refractivity contribution in [2.24, 2.45) is 5.92 Å². The summed E-state index contributed by atoms with van der Waals surface area (Å²) in [4.78, 5) is 49.0. The predicted molar refractivity (Wildman–Crippen MR) is 149 cm³/mol. The van der Waals surface area contributed by atoms with E-state index in [1.165, 1.54) is 0 Å². The summed E-state index contributed by atoms with van der Waals surface area (Å²) in [5.41, 5.74) is 6.23. The molecule has 0 bridgehead atoms. The van der Waals surface area contributed by atoms with Crippen LogP contribution in [0.15, 0.2) is 48.0 Å². The fraction of sp³-hybridized carbons (Fsp3) is 0.379. The molecule has 5 rings (SSSR count). The molecule has 2 aliphatic rings. The zero-order valence-electron chi connectivity index (χ0n) is 21.7. The highest BCUT2D eigenvalue weighted by Gasteiger charge is 2.44. The highest BCUT2D eigenvalue weighted by Crippen LogP contribution is 2.33. The number of carbonyl (C=O) groups is 3. The monoisotopic (exact) mass is 550 g/mol. The second kappa shape index (κ2) is 10.9. The number of aryl methyl sites for hydroxylation is 1. The van der Waals surface area contributed by atoms with E-state index in [-0.39, 0.29) is 23.6 Å². The molecule has 1 saturated heterocycles. The molecule has 2 aliphatic heterocycles. The van der Waals surface area contributed by atoms with Gasteiger partial charge in [-0.25, -0.2) is 4.98 Å². The van der Waals surface area contributed by atoms with Crippen molar-refractivity contribution in [3.8, 4) is 10.4 Å². The molecular formula is C29H31ClN4O3S. The van der Waals surface area contributed by atoms with Gasteiger partial charge in [0.1, 0.15) is 12.1 Å². The van der Waals surface area contributed by atoms with Crippen LogP contribution in [0.5, 0.6) is 0 Å². The molecule has 0 aliphatic carbocycles. The van der Waals surface area contributed by atoms with Crippen LogP contribution in [-0.4, -0.2) is 51.1 Å². The summed E-state index contributed by atoms with van der Waals surface area (Å²) in [6.45, 7) is 7.08. The summed E-state index contributed by atoms with van der Waals surface area (Å²) in [5.74, 6) is -0.696. The third kappa shape index (κ3) is 4.95. The van der Waals surface area contributed by atoms with Crippen LogP contribution >= 0.6 is 22.9 Å². The van der Waals surface area contributed by atoms with Crippen molar-refractivity contribution in [3.05, 3.63) is 75.4 Å². The molecule has 7 nitrogen and oxygen atoms in total. The van der Waals surface area contributed by atoms with E-state index in [1.807, 2.05) is 62.7 Å². The fourth-order valence-electron chi connectivity index (χ4n) is 5.47. The van der Waals surface area contributed by atoms with Crippen molar-refractivity contribution in [3.63, 3.8) is 0 Å². The number of hydrogen-bond acceptors (Lipinski definition) is 5. The average molecular weight is 551 g/mol. The van der Waals surface area contributed by atoms with Crippen LogP contribution in [0.25, 0.3) is 10.4 Å². The van der Waals surface area contributed by atoms with Crippen LogP contribution in [0.4, 0.5) is 0 Å². The average Bonchev–Trinajstić information content (AvgIpc) is 3.63. The zero-order chi connectivity index (χ0) is 27.0. The molecule has 9 heteroatoms. The number of fused-ring (bicyclic) bond motifs is 1. The molecule has 3 aromatic rings. The van der Waals surface area contributed by atoms with Crippen LogP contribution in [-0.2, 0) is 22.7 Å². The lowest BCUT2D eigenvalue weighted by atomic mass is 10.0. The molecule has 0 radical (unpaired) electrons. The normalized spacial score (nSPS) is 17.7. The Morgan fingerprint density at radius 2 is 1.95 bits per heavy atom. The third-order valence-electron chi connectivity index (χ3n) is 7.40. The van der Waals surface area contributed by atoms with Crippen molar-refractivity contribution in [2.45, 2.75) is 58.8 Å². The Bertz CT molecular complexity index is 1370. The predicted octanol–water partition coefficient (Wildman–Crippen LogP) is 5.06. The number of nitrogens with one attached hydrogen (secondary N) is 1. The van der Waals surface area contributed by atoms with Gasteiger partial charge in [0.15, 0.2) is 0 Å². The summed E-state index contributed by atoms with van der Waals surface area (Å²) in [6.07, 6.45) is 1.35. The fourth-order valence-corrected chi connectivity index (χ4v) is 6.56. The van der Waals surface area contributed by atoms with Crippen LogP contribution in [0.1, 0.15) is 53.9 Å². The smallest absolute Gasteiger partial charge is 0.256 e. The molecule has 38 heavy (non-hydrogen) atoms. The van der Waals surface area contributed by atoms with Gasteiger partial charge in [-0.3, -0.25) is 14.4 Å². The standard InChI is InChI=1S/C29H31ClN4O3S/c1-17(2)25(34-15-21-6-4-7-22(30)24(21)28(34)36)29(37)33-13-5-8-23(33)27(35)31-14-19-9-11-20(12-10-19)26-18(3)32-16-38-26/h4,6-7,9-12,16-17,23,25H,5,8,13-15H2,1-3H3,(H,31,35)/t23-,25?/m0/s1. The van der Waals surface area contributed by atoms with E-state index in [0.29, 0.717) is 36.6 Å². The summed E-state index contributed by atoms with van der Waals surface area (Å²) in [6, 6.07) is 12.3. The van der Waals surface area contributed by atoms with Crippen molar-refractivity contribution in [1.82, 2.24) is 20.1 Å². The van der Waals surface area contributed by atoms with E-state index in [0.717, 1.165) is 33.7 Å². The van der Waals surface area contributed by atoms with Gasteiger partial charge in [-0.1, -0.05) is 61.8 Å². The molecule has 2 aromatic carbocycles. The number of thiazole rings is 1. The maximum absolute atomic E-state index is 13.8. The second-order valence-electron chi connectivity index (χ2n) is 10.3. The van der Waals surface area contributed by atoms with Crippen molar-refractivity contribution in [2.75, 3.05) is 6.54 Å². The van der Waals surface area contributed by atoms with Crippen molar-refractivity contribution >= 4 is 40.7 Å². The topological polar surface area (TPSA) is 82.6 Å². The van der Waals surface area contributed by atoms with E-state index in [1.54, 1.807) is 27.2 Å². The lowest BCUT2D eigenvalue weighted by Crippen LogP contribution is -2.55. The summed E-state index contributed by atoms with van der Waals surface area (Å²) in [5, 5.41) is 3.42. The van der Waals surface area contributed by atoms with E-state index in [9.17, 15) is 14.4 Å². The molecule has 198 valence electrons. The minimum atomic E-state index is -0.665. The molecule has 2 atom stereocenters. The summed E-state index contributed by atoms with van der Waals surface area (Å²) >= 11 is 7.92. The molecule has 1 N–H and O–H groups in total. The minimum Gasteiger partial charge on any atom is -0.350 e. The van der Waals surface area contributed by atoms with Gasteiger partial charge in [0.05, 0.1) is 26.7 Å². The van der Waals surface area contributed by atoms with Gasteiger partial charge < -0.3 is 15.1 Å². The van der Waals surface area contributed by atoms with E-state index < -0.39 is 12.1 Å². The molecule has 1 unspecified atom stereocenters. The highest BCUT2D eigenvalue weighted by atomic mass is 35.5. The number of carbonyl (C=O) groups excluding carboxylic acids is 3. The van der Waals surface area contributed by atoms with Gasteiger partial charge in [-0.15, -0.1) is 11.3 Å². The summed E-state index contributed by atoms with van der Waals surface area (Å²) in [7, 11) is 0. The first-order valence-electron chi connectivity index (χ1n) is 12.9. The zero-order valence-corrected chi connectivity index (χ0v) is 23.3. The number of nitrogens with zero attached hydrogens (tertiary/aromatic N) is 3. The first-order valence-corrected chi connectivity index (χ1v) is 14.2. The second-order valence-corrected chi connectivity index (χ2v) is 11.5. The molecule has 1 fully saturated rings. The Hall–Kier alpha value is -3.23. The number of likely N-dealkylation sites (tertiary alicyclic amines) is 1. The number of hydrogen-bond donors (Lipinski definition) is 1. The van der Waals surface area contributed by atoms with Crippen LogP contribution in [0.3, 0.4) is 0 Å². The number of halogens is 1. The van der Waals surface area contributed by atoms with Crippen molar-refractivity contribution < 1.29 is 14.4 Å². The van der Waals surface area contributed by atoms with Crippen LogP contribution in [0, 0.1) is 12.8 Å². The van der Waals surface area contributed by atoms with E-state index in [4.69, 9.17) is 11.6 Å². The maximum atomic E-state index is 13.8. The van der Waals surface area contributed by atoms with Crippen LogP contribution < -0.4 is 5.32 Å². The van der Waals surface area contributed by atoms with E-state index >= 15 is 0 Å². The largest absolute Gasteiger partial charge is 0.350 e. The Balaban J connectivity index is 1.26. The quantitative estimate of drug-likeness (QED) is 0.446. The Morgan fingerprint density at radius 1 is 1.18 bits per heavy atom. The molecule has 3 amide bonds. The van der Waals surface area contributed by atoms with Crippen molar-refractivity contribution in [1.29, 1.82) is 0 Å². The van der Waals surface area contributed by atoms with Gasteiger partial charge in [-0.2, -0.15) is 0 Å². The Kier molecular flexibility index (Phi) is 7.54. The number of benzene rings is 2. The molecule has 0 saturated carbocycles. The number of rotatable bonds is 7. The molecule has 3 heterocycles. The maximum Gasteiger partial charge on any atom is 0.256 e. The lowest BCUT2D eigenvalue weighted by molar-refractivity contribution is -0.143. The minimum absolute atomic E-state index is 0.121. The van der Waals surface area contributed by atoms with Gasteiger partial charge in [-0.05, 0) is 48.4 Å². The summed E-state index contributed by atoms with van der Waals surface area (Å²) < 4.78 is 0. The highest BCUT2D eigenvalue weighted by molar-refractivity contribution is 7.13. The van der Waals surface area contributed by atoms with Gasteiger partial charge in [0, 0.05) is 19.6 Å². The molecule has 1 aromatic heterocycles. The number of amides is 3.